The van der Waals surface area contributed by atoms with E-state index < -0.39 is 0 Å². The fraction of sp³-hybridized carbons (Fsp3) is 0.333. The fourth-order valence-electron chi connectivity index (χ4n) is 3.60. The van der Waals surface area contributed by atoms with E-state index in [9.17, 15) is 9.59 Å². The van der Waals surface area contributed by atoms with Crippen LogP contribution in [-0.2, 0) is 11.3 Å². The summed E-state index contributed by atoms with van der Waals surface area (Å²) in [5.41, 5.74) is 3.22. The molecule has 3 heterocycles. The molecule has 3 aromatic heterocycles. The number of aromatic amines is 1. The SMILES string of the molecule is O=C(NC1CCC(C(=O)NCc2cccnc2)CC1)c1cc(-c2ccsc2)n[nH]1. The minimum atomic E-state index is -0.150. The minimum absolute atomic E-state index is 0.00262. The number of H-pyrrole nitrogens is 1. The van der Waals surface area contributed by atoms with Gasteiger partial charge in [-0.25, -0.2) is 0 Å². The first kappa shape index (κ1) is 19.3. The average molecular weight is 410 g/mol. The fourth-order valence-corrected chi connectivity index (χ4v) is 4.25. The Morgan fingerprint density at radius 3 is 2.79 bits per heavy atom. The van der Waals surface area contributed by atoms with E-state index in [1.165, 1.54) is 0 Å². The van der Waals surface area contributed by atoms with Gasteiger partial charge in [-0.2, -0.15) is 16.4 Å². The number of nitrogens with zero attached hydrogens (tertiary/aromatic N) is 2. The molecule has 0 bridgehead atoms. The van der Waals surface area contributed by atoms with Gasteiger partial charge in [0, 0.05) is 41.8 Å². The molecule has 0 spiro atoms. The van der Waals surface area contributed by atoms with E-state index in [2.05, 4.69) is 25.8 Å². The number of rotatable bonds is 6. The lowest BCUT2D eigenvalue weighted by Crippen LogP contribution is -2.40. The third-order valence-electron chi connectivity index (χ3n) is 5.26. The van der Waals surface area contributed by atoms with Crippen molar-refractivity contribution < 1.29 is 9.59 Å². The lowest BCUT2D eigenvalue weighted by molar-refractivity contribution is -0.126. The molecule has 2 amide bonds. The third kappa shape index (κ3) is 4.89. The number of hydrogen-bond acceptors (Lipinski definition) is 5. The molecule has 150 valence electrons. The number of carbonyl (C=O) groups excluding carboxylic acids is 2. The molecule has 1 aliphatic rings. The van der Waals surface area contributed by atoms with Gasteiger partial charge in [0.1, 0.15) is 5.69 Å². The molecule has 4 rings (SSSR count). The maximum Gasteiger partial charge on any atom is 0.269 e. The van der Waals surface area contributed by atoms with E-state index in [1.54, 1.807) is 29.8 Å². The first-order valence-electron chi connectivity index (χ1n) is 9.74. The van der Waals surface area contributed by atoms with E-state index in [4.69, 9.17) is 0 Å². The molecule has 8 heteroatoms. The molecule has 29 heavy (non-hydrogen) atoms. The molecule has 0 unspecified atom stereocenters. The third-order valence-corrected chi connectivity index (χ3v) is 5.95. The predicted molar refractivity (Wildman–Crippen MR) is 111 cm³/mol. The van der Waals surface area contributed by atoms with Gasteiger partial charge in [0.15, 0.2) is 0 Å². The molecule has 3 aromatic rings. The van der Waals surface area contributed by atoms with Crippen LogP contribution in [0.25, 0.3) is 11.3 Å². The zero-order valence-corrected chi connectivity index (χ0v) is 16.7. The Morgan fingerprint density at radius 1 is 1.21 bits per heavy atom. The largest absolute Gasteiger partial charge is 0.352 e. The van der Waals surface area contributed by atoms with E-state index >= 15 is 0 Å². The summed E-state index contributed by atoms with van der Waals surface area (Å²) in [6.07, 6.45) is 6.60. The second-order valence-electron chi connectivity index (χ2n) is 7.28. The molecule has 1 saturated carbocycles. The van der Waals surface area contributed by atoms with Gasteiger partial charge in [-0.3, -0.25) is 19.7 Å². The number of nitrogens with one attached hydrogen (secondary N) is 3. The van der Waals surface area contributed by atoms with Gasteiger partial charge < -0.3 is 10.6 Å². The summed E-state index contributed by atoms with van der Waals surface area (Å²) in [4.78, 5) is 29.0. The van der Waals surface area contributed by atoms with E-state index in [1.807, 2.05) is 29.0 Å². The normalized spacial score (nSPS) is 18.9. The Bertz CT molecular complexity index is 947. The van der Waals surface area contributed by atoms with Crippen molar-refractivity contribution in [2.75, 3.05) is 0 Å². The van der Waals surface area contributed by atoms with Crippen molar-refractivity contribution in [2.24, 2.45) is 5.92 Å². The highest BCUT2D eigenvalue weighted by molar-refractivity contribution is 7.08. The van der Waals surface area contributed by atoms with Crippen molar-refractivity contribution >= 4 is 23.2 Å². The summed E-state index contributed by atoms with van der Waals surface area (Å²) in [7, 11) is 0. The molecule has 0 radical (unpaired) electrons. The minimum Gasteiger partial charge on any atom is -0.352 e. The molecule has 0 aliphatic heterocycles. The van der Waals surface area contributed by atoms with Crippen LogP contribution in [0, 0.1) is 5.92 Å². The van der Waals surface area contributed by atoms with Gasteiger partial charge >= 0.3 is 0 Å². The zero-order chi connectivity index (χ0) is 20.1. The molecule has 0 aromatic carbocycles. The second kappa shape index (κ2) is 9.00. The van der Waals surface area contributed by atoms with Crippen LogP contribution in [0.1, 0.15) is 41.7 Å². The molecule has 1 fully saturated rings. The van der Waals surface area contributed by atoms with Crippen LogP contribution in [0.5, 0.6) is 0 Å². The van der Waals surface area contributed by atoms with Crippen molar-refractivity contribution in [2.45, 2.75) is 38.3 Å². The highest BCUT2D eigenvalue weighted by atomic mass is 32.1. The van der Waals surface area contributed by atoms with Gasteiger partial charge in [-0.05, 0) is 54.8 Å². The van der Waals surface area contributed by atoms with Crippen LogP contribution in [0.4, 0.5) is 0 Å². The monoisotopic (exact) mass is 409 g/mol. The highest BCUT2D eigenvalue weighted by Crippen LogP contribution is 2.25. The molecule has 1 aliphatic carbocycles. The van der Waals surface area contributed by atoms with Crippen molar-refractivity contribution in [1.82, 2.24) is 25.8 Å². The van der Waals surface area contributed by atoms with Gasteiger partial charge in [0.2, 0.25) is 5.91 Å². The van der Waals surface area contributed by atoms with Crippen LogP contribution in [0.2, 0.25) is 0 Å². The Kier molecular flexibility index (Phi) is 6.00. The van der Waals surface area contributed by atoms with Crippen LogP contribution >= 0.6 is 11.3 Å². The molecule has 7 nitrogen and oxygen atoms in total. The van der Waals surface area contributed by atoms with E-state index in [0.717, 1.165) is 42.5 Å². The highest BCUT2D eigenvalue weighted by Gasteiger charge is 2.27. The van der Waals surface area contributed by atoms with Crippen molar-refractivity contribution in [1.29, 1.82) is 0 Å². The van der Waals surface area contributed by atoms with Crippen LogP contribution < -0.4 is 10.6 Å². The van der Waals surface area contributed by atoms with Gasteiger partial charge in [0.05, 0.1) is 5.69 Å². The summed E-state index contributed by atoms with van der Waals surface area (Å²) < 4.78 is 0. The maximum atomic E-state index is 12.5. The number of thiophene rings is 1. The summed E-state index contributed by atoms with van der Waals surface area (Å²) in [6, 6.07) is 7.63. The van der Waals surface area contributed by atoms with Crippen LogP contribution in [0.3, 0.4) is 0 Å². The van der Waals surface area contributed by atoms with Crippen LogP contribution in [0.15, 0.2) is 47.4 Å². The second-order valence-corrected chi connectivity index (χ2v) is 8.06. The summed E-state index contributed by atoms with van der Waals surface area (Å²) in [5.74, 6) is -0.0757. The summed E-state index contributed by atoms with van der Waals surface area (Å²) in [6.45, 7) is 0.496. The number of carbonyl (C=O) groups is 2. The number of aromatic nitrogens is 3. The zero-order valence-electron chi connectivity index (χ0n) is 15.9. The maximum absolute atomic E-state index is 12.5. The topological polar surface area (TPSA) is 99.8 Å². The standard InChI is InChI=1S/C21H23N5O2S/c27-20(23-12-14-2-1-8-22-11-14)15-3-5-17(6-4-15)24-21(28)19-10-18(25-26-19)16-7-9-29-13-16/h1-2,7-11,13,15,17H,3-6,12H2,(H,23,27)(H,24,28)(H,25,26). The number of amides is 2. The Morgan fingerprint density at radius 2 is 2.07 bits per heavy atom. The lowest BCUT2D eigenvalue weighted by Gasteiger charge is -2.28. The van der Waals surface area contributed by atoms with Gasteiger partial charge in [-0.1, -0.05) is 6.07 Å². The first-order chi connectivity index (χ1) is 14.2. The lowest BCUT2D eigenvalue weighted by atomic mass is 9.85. The quantitative estimate of drug-likeness (QED) is 0.582. The smallest absolute Gasteiger partial charge is 0.269 e. The van der Waals surface area contributed by atoms with E-state index in [-0.39, 0.29) is 23.8 Å². The predicted octanol–water partition coefficient (Wildman–Crippen LogP) is 3.14. The van der Waals surface area contributed by atoms with Crippen LogP contribution in [-0.4, -0.2) is 33.0 Å². The summed E-state index contributed by atoms with van der Waals surface area (Å²) >= 11 is 1.59. The van der Waals surface area contributed by atoms with Crippen molar-refractivity contribution in [3.63, 3.8) is 0 Å². The molecular formula is C21H23N5O2S. The average Bonchev–Trinajstić information content (AvgIpc) is 3.45. The Hall–Kier alpha value is -3.00. The Balaban J connectivity index is 1.23. The Labute approximate surface area is 173 Å². The van der Waals surface area contributed by atoms with Crippen molar-refractivity contribution in [3.8, 4) is 11.3 Å². The number of pyridine rings is 1. The molecule has 0 saturated heterocycles. The van der Waals surface area contributed by atoms with Gasteiger partial charge in [-0.15, -0.1) is 0 Å². The van der Waals surface area contributed by atoms with Crippen molar-refractivity contribution in [3.05, 3.63) is 58.7 Å². The molecular weight excluding hydrogens is 386 g/mol. The molecule has 0 atom stereocenters. The summed E-state index contributed by atoms with van der Waals surface area (Å²) in [5, 5.41) is 17.1. The van der Waals surface area contributed by atoms with Gasteiger partial charge in [0.25, 0.3) is 5.91 Å². The van der Waals surface area contributed by atoms with E-state index in [0.29, 0.717) is 12.2 Å². The number of hydrogen-bond donors (Lipinski definition) is 3. The first-order valence-corrected chi connectivity index (χ1v) is 10.7. The molecule has 3 N–H and O–H groups in total.